The van der Waals surface area contributed by atoms with Crippen LogP contribution in [0.2, 0.25) is 0 Å². The second-order valence-corrected chi connectivity index (χ2v) is 5.59. The van der Waals surface area contributed by atoms with Crippen molar-refractivity contribution in [1.82, 2.24) is 10.3 Å². The summed E-state index contributed by atoms with van der Waals surface area (Å²) in [4.78, 5) is 27.1. The van der Waals surface area contributed by atoms with E-state index in [9.17, 15) is 9.59 Å². The first-order chi connectivity index (χ1) is 10.0. The maximum absolute atomic E-state index is 12.2. The Morgan fingerprint density at radius 2 is 1.95 bits per heavy atom. The van der Waals surface area contributed by atoms with E-state index in [1.165, 1.54) is 12.8 Å². The normalized spacial score (nSPS) is 12.2. The third-order valence-electron chi connectivity index (χ3n) is 3.81. The summed E-state index contributed by atoms with van der Waals surface area (Å²) in [5.41, 5.74) is 1.91. The van der Waals surface area contributed by atoms with Crippen LogP contribution >= 0.6 is 0 Å². The van der Waals surface area contributed by atoms with E-state index >= 15 is 0 Å². The number of unbranched alkanes of at least 4 members (excludes halogenated alkanes) is 2. The largest absolute Gasteiger partial charge is 0.349 e. The maximum atomic E-state index is 12.2. The van der Waals surface area contributed by atoms with Crippen molar-refractivity contribution < 1.29 is 4.79 Å². The minimum atomic E-state index is -0.290. The van der Waals surface area contributed by atoms with Crippen molar-refractivity contribution in [2.45, 2.75) is 72.3 Å². The Kier molecular flexibility index (Phi) is 7.20. The van der Waals surface area contributed by atoms with E-state index in [0.29, 0.717) is 0 Å². The molecule has 0 aromatic carbocycles. The fourth-order valence-electron chi connectivity index (χ4n) is 2.49. The van der Waals surface area contributed by atoms with Gasteiger partial charge in [-0.2, -0.15) is 0 Å². The highest BCUT2D eigenvalue weighted by Crippen LogP contribution is 2.09. The van der Waals surface area contributed by atoms with Crippen molar-refractivity contribution in [3.63, 3.8) is 0 Å². The second kappa shape index (κ2) is 8.65. The van der Waals surface area contributed by atoms with Gasteiger partial charge in [0.2, 0.25) is 0 Å². The minimum absolute atomic E-state index is 0.0966. The Balaban J connectivity index is 2.80. The number of nitrogens with one attached hydrogen (secondary N) is 2. The van der Waals surface area contributed by atoms with Gasteiger partial charge in [-0.15, -0.1) is 0 Å². The third kappa shape index (κ3) is 5.03. The van der Waals surface area contributed by atoms with E-state index in [4.69, 9.17) is 0 Å². The number of hydrogen-bond donors (Lipinski definition) is 2. The molecule has 4 nitrogen and oxygen atoms in total. The smallest absolute Gasteiger partial charge is 0.261 e. The van der Waals surface area contributed by atoms with Crippen LogP contribution in [0.5, 0.6) is 0 Å². The predicted molar refractivity (Wildman–Crippen MR) is 86.9 cm³/mol. The fourth-order valence-corrected chi connectivity index (χ4v) is 2.49. The van der Waals surface area contributed by atoms with E-state index in [0.717, 1.165) is 36.9 Å². The van der Waals surface area contributed by atoms with Gasteiger partial charge in [0.05, 0.1) is 0 Å². The molecule has 1 aromatic heterocycles. The fraction of sp³-hybridized carbons (Fsp3) is 0.647. The Labute approximate surface area is 127 Å². The number of rotatable bonds is 8. The molecule has 0 saturated heterocycles. The molecule has 0 radical (unpaired) electrons. The highest BCUT2D eigenvalue weighted by Gasteiger charge is 2.15. The first-order valence-corrected chi connectivity index (χ1v) is 8.09. The molecule has 4 heteroatoms. The Hall–Kier alpha value is -1.58. The van der Waals surface area contributed by atoms with Gasteiger partial charge >= 0.3 is 0 Å². The Morgan fingerprint density at radius 1 is 1.24 bits per heavy atom. The van der Waals surface area contributed by atoms with E-state index in [2.05, 4.69) is 17.2 Å². The third-order valence-corrected chi connectivity index (χ3v) is 3.81. The number of amides is 1. The lowest BCUT2D eigenvalue weighted by Gasteiger charge is -2.14. The number of aryl methyl sites for hydroxylation is 2. The number of pyridine rings is 1. The van der Waals surface area contributed by atoms with Gasteiger partial charge in [0, 0.05) is 11.7 Å². The van der Waals surface area contributed by atoms with Crippen molar-refractivity contribution in [3.05, 3.63) is 33.2 Å². The number of H-pyrrole nitrogens is 1. The molecule has 0 spiro atoms. The molecular formula is C17H28N2O2. The summed E-state index contributed by atoms with van der Waals surface area (Å²) in [6.07, 6.45) is 5.97. The molecule has 118 valence electrons. The van der Waals surface area contributed by atoms with Crippen LogP contribution < -0.4 is 10.9 Å². The van der Waals surface area contributed by atoms with Crippen LogP contribution in [0.3, 0.4) is 0 Å². The molecule has 1 atom stereocenters. The van der Waals surface area contributed by atoms with Gasteiger partial charge < -0.3 is 10.3 Å². The molecule has 2 N–H and O–H groups in total. The minimum Gasteiger partial charge on any atom is -0.349 e. The molecule has 0 bridgehead atoms. The van der Waals surface area contributed by atoms with Gasteiger partial charge in [-0.25, -0.2) is 0 Å². The van der Waals surface area contributed by atoms with Gasteiger partial charge in [0.1, 0.15) is 5.56 Å². The Morgan fingerprint density at radius 3 is 2.52 bits per heavy atom. The summed E-state index contributed by atoms with van der Waals surface area (Å²) >= 11 is 0. The van der Waals surface area contributed by atoms with Crippen molar-refractivity contribution in [3.8, 4) is 0 Å². The summed E-state index contributed by atoms with van der Waals surface area (Å²) in [5.74, 6) is -0.266. The topological polar surface area (TPSA) is 62.0 Å². The van der Waals surface area contributed by atoms with Crippen molar-refractivity contribution >= 4 is 5.91 Å². The van der Waals surface area contributed by atoms with Gasteiger partial charge in [-0.05, 0) is 37.8 Å². The van der Waals surface area contributed by atoms with Crippen LogP contribution in [0.25, 0.3) is 0 Å². The molecule has 0 fully saturated rings. The number of hydrogen-bond acceptors (Lipinski definition) is 2. The molecule has 0 aliphatic rings. The SMILES string of the molecule is CCCCC[C@H](C)NC(=O)c1cc(CC)c(CC)[nH]c1=O. The van der Waals surface area contributed by atoms with Crippen molar-refractivity contribution in [2.24, 2.45) is 0 Å². The van der Waals surface area contributed by atoms with Crippen molar-refractivity contribution in [1.29, 1.82) is 0 Å². The van der Waals surface area contributed by atoms with Crippen LogP contribution in [-0.2, 0) is 12.8 Å². The Bertz CT molecular complexity index is 520. The molecular weight excluding hydrogens is 264 g/mol. The van der Waals surface area contributed by atoms with E-state index in [1.807, 2.05) is 20.8 Å². The zero-order chi connectivity index (χ0) is 15.8. The molecule has 1 heterocycles. The standard InChI is InChI=1S/C17H28N2O2/c1-5-8-9-10-12(4)18-16(20)14-11-13(6-2)15(7-3)19-17(14)21/h11-12H,5-10H2,1-4H3,(H,18,20)(H,19,21)/t12-/m0/s1. The second-order valence-electron chi connectivity index (χ2n) is 5.59. The van der Waals surface area contributed by atoms with Crippen LogP contribution in [0.1, 0.15) is 75.0 Å². The first kappa shape index (κ1) is 17.5. The number of carbonyl (C=O) groups is 1. The molecule has 0 unspecified atom stereocenters. The summed E-state index contributed by atoms with van der Waals surface area (Å²) in [6, 6.07) is 1.84. The average Bonchev–Trinajstić information content (AvgIpc) is 2.46. The molecule has 1 amide bonds. The van der Waals surface area contributed by atoms with Gasteiger partial charge in [-0.1, -0.05) is 40.0 Å². The molecule has 0 aliphatic heterocycles. The summed E-state index contributed by atoms with van der Waals surface area (Å²) in [6.45, 7) is 8.18. The first-order valence-electron chi connectivity index (χ1n) is 8.09. The quantitative estimate of drug-likeness (QED) is 0.723. The van der Waals surface area contributed by atoms with Gasteiger partial charge in [-0.3, -0.25) is 9.59 Å². The monoisotopic (exact) mass is 292 g/mol. The number of aromatic nitrogens is 1. The molecule has 1 rings (SSSR count). The highest BCUT2D eigenvalue weighted by atomic mass is 16.2. The summed E-state index contributed by atoms with van der Waals surface area (Å²) in [5, 5.41) is 2.93. The molecule has 21 heavy (non-hydrogen) atoms. The molecule has 0 aliphatic carbocycles. The maximum Gasteiger partial charge on any atom is 0.261 e. The van der Waals surface area contributed by atoms with Crippen LogP contribution in [-0.4, -0.2) is 16.9 Å². The lowest BCUT2D eigenvalue weighted by Crippen LogP contribution is -2.36. The zero-order valence-electron chi connectivity index (χ0n) is 13.7. The number of aromatic amines is 1. The van der Waals surface area contributed by atoms with Crippen LogP contribution in [0.4, 0.5) is 0 Å². The lowest BCUT2D eigenvalue weighted by molar-refractivity contribution is 0.0936. The summed E-state index contributed by atoms with van der Waals surface area (Å²) < 4.78 is 0. The molecule has 1 aromatic rings. The van der Waals surface area contributed by atoms with Gasteiger partial charge in [0.25, 0.3) is 11.5 Å². The van der Waals surface area contributed by atoms with Crippen LogP contribution in [0, 0.1) is 0 Å². The van der Waals surface area contributed by atoms with Crippen molar-refractivity contribution in [2.75, 3.05) is 0 Å². The average molecular weight is 292 g/mol. The van der Waals surface area contributed by atoms with Crippen LogP contribution in [0.15, 0.2) is 10.9 Å². The van der Waals surface area contributed by atoms with E-state index in [-0.39, 0.29) is 23.1 Å². The predicted octanol–water partition coefficient (Wildman–Crippen LogP) is 3.20. The lowest BCUT2D eigenvalue weighted by atomic mass is 10.1. The zero-order valence-corrected chi connectivity index (χ0v) is 13.7. The number of carbonyl (C=O) groups excluding carboxylic acids is 1. The van der Waals surface area contributed by atoms with E-state index in [1.54, 1.807) is 6.07 Å². The molecule has 0 saturated carbocycles. The van der Waals surface area contributed by atoms with Gasteiger partial charge in [0.15, 0.2) is 0 Å². The highest BCUT2D eigenvalue weighted by molar-refractivity contribution is 5.94. The summed E-state index contributed by atoms with van der Waals surface area (Å²) in [7, 11) is 0. The van der Waals surface area contributed by atoms with E-state index < -0.39 is 0 Å².